The Hall–Kier alpha value is -0.990. The van der Waals surface area contributed by atoms with E-state index in [-0.39, 0.29) is 0 Å². The van der Waals surface area contributed by atoms with E-state index in [1.54, 1.807) is 6.07 Å². The third kappa shape index (κ3) is 3.12. The minimum absolute atomic E-state index is 0.399. The Morgan fingerprint density at radius 2 is 1.52 bits per heavy atom. The summed E-state index contributed by atoms with van der Waals surface area (Å²) in [7, 11) is 0. The Morgan fingerprint density at radius 1 is 0.857 bits per heavy atom. The van der Waals surface area contributed by atoms with Crippen LogP contribution in [0.15, 0.2) is 54.6 Å². The molecule has 0 N–H and O–H groups in total. The molecule has 0 aliphatic carbocycles. The van der Waals surface area contributed by atoms with E-state index in [9.17, 15) is 0 Å². The van der Waals surface area contributed by atoms with Crippen LogP contribution in [0.3, 0.4) is 0 Å². The first-order valence-corrected chi connectivity index (χ1v) is 7.69. The van der Waals surface area contributed by atoms with Gasteiger partial charge in [-0.05, 0) is 35.4 Å². The van der Waals surface area contributed by atoms with Gasteiger partial charge < -0.3 is 0 Å². The summed E-state index contributed by atoms with van der Waals surface area (Å²) in [5, 5.41) is 1.68. The normalized spacial score (nSPS) is 11.8. The lowest BCUT2D eigenvalue weighted by atomic mass is 10.0. The SMILES string of the molecule is Clc1ccc(-c2cc(C(Cl)(Cl)Cl)nc3ccccc23)cc1. The first kappa shape index (κ1) is 14.9. The molecule has 1 heterocycles. The van der Waals surface area contributed by atoms with Gasteiger partial charge in [0.1, 0.15) is 0 Å². The molecule has 2 aromatic carbocycles. The zero-order valence-corrected chi connectivity index (χ0v) is 13.7. The number of aromatic nitrogens is 1. The van der Waals surface area contributed by atoms with Crippen LogP contribution >= 0.6 is 46.4 Å². The average molecular weight is 357 g/mol. The van der Waals surface area contributed by atoms with Gasteiger partial charge in [-0.3, -0.25) is 0 Å². The van der Waals surface area contributed by atoms with E-state index in [4.69, 9.17) is 46.4 Å². The zero-order valence-electron chi connectivity index (χ0n) is 10.7. The summed E-state index contributed by atoms with van der Waals surface area (Å²) in [5.74, 6) is 0. The van der Waals surface area contributed by atoms with Crippen molar-refractivity contribution < 1.29 is 0 Å². The Balaban J connectivity index is 2.31. The van der Waals surface area contributed by atoms with Gasteiger partial charge >= 0.3 is 0 Å². The van der Waals surface area contributed by atoms with Crippen LogP contribution < -0.4 is 0 Å². The van der Waals surface area contributed by atoms with E-state index in [0.717, 1.165) is 22.0 Å². The summed E-state index contributed by atoms with van der Waals surface area (Å²) in [5.41, 5.74) is 3.13. The molecule has 106 valence electrons. The summed E-state index contributed by atoms with van der Waals surface area (Å²) < 4.78 is -1.56. The second kappa shape index (κ2) is 5.66. The first-order chi connectivity index (χ1) is 9.95. The van der Waals surface area contributed by atoms with Crippen LogP contribution in [0.4, 0.5) is 0 Å². The highest BCUT2D eigenvalue weighted by Gasteiger charge is 2.26. The number of para-hydroxylation sites is 1. The van der Waals surface area contributed by atoms with Crippen molar-refractivity contribution in [2.45, 2.75) is 3.79 Å². The van der Waals surface area contributed by atoms with Crippen molar-refractivity contribution >= 4 is 57.3 Å². The van der Waals surface area contributed by atoms with Crippen LogP contribution in [0.5, 0.6) is 0 Å². The highest BCUT2D eigenvalue weighted by molar-refractivity contribution is 6.66. The fourth-order valence-electron chi connectivity index (χ4n) is 2.19. The fourth-order valence-corrected chi connectivity index (χ4v) is 2.61. The van der Waals surface area contributed by atoms with Gasteiger partial charge in [-0.2, -0.15) is 0 Å². The monoisotopic (exact) mass is 355 g/mol. The number of rotatable bonds is 1. The van der Waals surface area contributed by atoms with Gasteiger partial charge in [0.2, 0.25) is 3.79 Å². The maximum Gasteiger partial charge on any atom is 0.232 e. The second-order valence-electron chi connectivity index (χ2n) is 4.58. The Morgan fingerprint density at radius 3 is 2.19 bits per heavy atom. The van der Waals surface area contributed by atoms with Crippen molar-refractivity contribution in [3.63, 3.8) is 0 Å². The van der Waals surface area contributed by atoms with Crippen LogP contribution in [0.1, 0.15) is 5.69 Å². The number of hydrogen-bond acceptors (Lipinski definition) is 1. The molecular formula is C16H9Cl4N. The smallest absolute Gasteiger partial charge is 0.232 e. The molecule has 5 heteroatoms. The number of pyridine rings is 1. The molecule has 0 unspecified atom stereocenters. The van der Waals surface area contributed by atoms with Crippen molar-refractivity contribution in [2.75, 3.05) is 0 Å². The summed E-state index contributed by atoms with van der Waals surface area (Å²) in [6.45, 7) is 0. The second-order valence-corrected chi connectivity index (χ2v) is 7.29. The van der Waals surface area contributed by atoms with Crippen LogP contribution in [0.2, 0.25) is 5.02 Å². The highest BCUT2D eigenvalue weighted by Crippen LogP contribution is 2.40. The molecule has 0 spiro atoms. The third-order valence-corrected chi connectivity index (χ3v) is 3.99. The number of benzene rings is 2. The molecule has 0 saturated heterocycles. The van der Waals surface area contributed by atoms with Crippen molar-refractivity contribution in [3.8, 4) is 11.1 Å². The lowest BCUT2D eigenvalue weighted by Crippen LogP contribution is -2.04. The molecule has 21 heavy (non-hydrogen) atoms. The molecule has 0 aliphatic heterocycles. The Bertz CT molecular complexity index is 791. The quantitative estimate of drug-likeness (QED) is 0.461. The molecule has 1 nitrogen and oxygen atoms in total. The maximum absolute atomic E-state index is 5.99. The van der Waals surface area contributed by atoms with E-state index in [0.29, 0.717) is 10.7 Å². The molecule has 1 aromatic heterocycles. The van der Waals surface area contributed by atoms with Crippen molar-refractivity contribution in [1.82, 2.24) is 4.98 Å². The number of halogens is 4. The Labute approximate surface area is 142 Å². The van der Waals surface area contributed by atoms with Gasteiger partial charge in [-0.1, -0.05) is 76.7 Å². The van der Waals surface area contributed by atoms with Gasteiger partial charge in [0.25, 0.3) is 0 Å². The average Bonchev–Trinajstić information content (AvgIpc) is 2.46. The molecule has 0 fully saturated rings. The lowest BCUT2D eigenvalue weighted by molar-refractivity contribution is 1.12. The van der Waals surface area contributed by atoms with Gasteiger partial charge in [-0.25, -0.2) is 4.98 Å². The molecule has 0 amide bonds. The number of fused-ring (bicyclic) bond motifs is 1. The van der Waals surface area contributed by atoms with Gasteiger partial charge in [0.05, 0.1) is 11.2 Å². The van der Waals surface area contributed by atoms with Crippen LogP contribution in [-0.4, -0.2) is 4.98 Å². The summed E-state index contributed by atoms with van der Waals surface area (Å²) >= 11 is 23.9. The van der Waals surface area contributed by atoms with Gasteiger partial charge in [0, 0.05) is 10.4 Å². The van der Waals surface area contributed by atoms with E-state index in [1.807, 2.05) is 48.5 Å². The van der Waals surface area contributed by atoms with Crippen molar-refractivity contribution in [1.29, 1.82) is 0 Å². The summed E-state index contributed by atoms with van der Waals surface area (Å²) in [6.07, 6.45) is 0. The standard InChI is InChI=1S/C16H9Cl4N/c17-11-7-5-10(6-8-11)13-9-15(16(18,19)20)21-14-4-2-1-3-12(13)14/h1-9H. The molecule has 0 radical (unpaired) electrons. The Kier molecular flexibility index (Phi) is 4.02. The minimum atomic E-state index is -1.56. The van der Waals surface area contributed by atoms with Gasteiger partial charge in [-0.15, -0.1) is 0 Å². The molecule has 0 aliphatic rings. The van der Waals surface area contributed by atoms with Crippen LogP contribution in [-0.2, 0) is 3.79 Å². The third-order valence-electron chi connectivity index (χ3n) is 3.16. The fraction of sp³-hybridized carbons (Fsp3) is 0.0625. The molecule has 0 bridgehead atoms. The zero-order chi connectivity index (χ0) is 15.0. The summed E-state index contributed by atoms with van der Waals surface area (Å²) in [4.78, 5) is 4.43. The maximum atomic E-state index is 5.99. The molecule has 3 rings (SSSR count). The molecule has 0 atom stereocenters. The van der Waals surface area contributed by atoms with E-state index >= 15 is 0 Å². The summed E-state index contributed by atoms with van der Waals surface area (Å²) in [6, 6.07) is 17.1. The van der Waals surface area contributed by atoms with Gasteiger partial charge in [0.15, 0.2) is 0 Å². The lowest BCUT2D eigenvalue weighted by Gasteiger charge is -2.14. The first-order valence-electron chi connectivity index (χ1n) is 6.18. The van der Waals surface area contributed by atoms with E-state index in [1.165, 1.54) is 0 Å². The largest absolute Gasteiger partial charge is 0.248 e. The molecule has 0 saturated carbocycles. The predicted molar refractivity (Wildman–Crippen MR) is 91.4 cm³/mol. The van der Waals surface area contributed by atoms with Crippen molar-refractivity contribution in [3.05, 3.63) is 65.3 Å². The topological polar surface area (TPSA) is 12.9 Å². The highest BCUT2D eigenvalue weighted by atomic mass is 35.6. The van der Waals surface area contributed by atoms with Crippen LogP contribution in [0.25, 0.3) is 22.0 Å². The van der Waals surface area contributed by atoms with E-state index < -0.39 is 3.79 Å². The molecular weight excluding hydrogens is 348 g/mol. The minimum Gasteiger partial charge on any atom is -0.248 e. The van der Waals surface area contributed by atoms with E-state index in [2.05, 4.69) is 4.98 Å². The number of alkyl halides is 3. The predicted octanol–water partition coefficient (Wildman–Crippen LogP) is 6.38. The molecule has 3 aromatic rings. The van der Waals surface area contributed by atoms with Crippen LogP contribution in [0, 0.1) is 0 Å². The van der Waals surface area contributed by atoms with Crippen molar-refractivity contribution in [2.24, 2.45) is 0 Å². The number of nitrogens with zero attached hydrogens (tertiary/aromatic N) is 1. The number of hydrogen-bond donors (Lipinski definition) is 0.